The monoisotopic (exact) mass is 185 g/mol. The van der Waals surface area contributed by atoms with Crippen molar-refractivity contribution in [1.82, 2.24) is 0 Å². The molecule has 0 saturated carbocycles. The first-order valence-corrected chi connectivity index (χ1v) is 3.75. The number of rotatable bonds is 3. The molecule has 0 aliphatic rings. The molecule has 0 saturated heterocycles. The second-order valence-electron chi connectivity index (χ2n) is 2.65. The summed E-state index contributed by atoms with van der Waals surface area (Å²) in [6.07, 6.45) is 0.696. The number of anilines is 1. The van der Waals surface area contributed by atoms with Crippen LogP contribution < -0.4 is 4.90 Å². The zero-order valence-corrected chi connectivity index (χ0v) is 7.13. The van der Waals surface area contributed by atoms with Crippen LogP contribution in [0.2, 0.25) is 0 Å². The lowest BCUT2D eigenvalue weighted by Gasteiger charge is -2.15. The maximum absolute atomic E-state index is 12.7. The van der Waals surface area contributed by atoms with Crippen molar-refractivity contribution in [3.05, 3.63) is 29.8 Å². The fourth-order valence-electron chi connectivity index (χ4n) is 0.940. The Morgan fingerprint density at radius 3 is 2.62 bits per heavy atom. The second kappa shape index (κ2) is 3.98. The molecule has 0 radical (unpaired) electrons. The van der Waals surface area contributed by atoms with Crippen LogP contribution in [0, 0.1) is 11.6 Å². The van der Waals surface area contributed by atoms with Crippen LogP contribution in [0.1, 0.15) is 0 Å². The Labute approximate surface area is 74.8 Å². The van der Waals surface area contributed by atoms with Crippen LogP contribution in [-0.4, -0.2) is 19.9 Å². The average molecular weight is 185 g/mol. The Hall–Kier alpha value is -1.45. The SMILES string of the molecule is CN(CC=O)c1ccc(F)c(F)c1. The maximum Gasteiger partial charge on any atom is 0.160 e. The van der Waals surface area contributed by atoms with Crippen molar-refractivity contribution in [3.8, 4) is 0 Å². The number of benzene rings is 1. The fraction of sp³-hybridized carbons (Fsp3) is 0.222. The minimum atomic E-state index is -0.907. The van der Waals surface area contributed by atoms with E-state index in [-0.39, 0.29) is 6.54 Å². The predicted molar refractivity (Wildman–Crippen MR) is 45.7 cm³/mol. The van der Waals surface area contributed by atoms with E-state index in [1.807, 2.05) is 0 Å². The van der Waals surface area contributed by atoms with E-state index in [2.05, 4.69) is 0 Å². The summed E-state index contributed by atoms with van der Waals surface area (Å²) in [6.45, 7) is 0.158. The molecule has 70 valence electrons. The van der Waals surface area contributed by atoms with Crippen molar-refractivity contribution in [2.45, 2.75) is 0 Å². The Kier molecular flexibility index (Phi) is 2.95. The van der Waals surface area contributed by atoms with E-state index in [0.717, 1.165) is 12.1 Å². The van der Waals surface area contributed by atoms with Crippen molar-refractivity contribution < 1.29 is 13.6 Å². The molecule has 0 unspecified atom stereocenters. The Morgan fingerprint density at radius 2 is 2.08 bits per heavy atom. The summed E-state index contributed by atoms with van der Waals surface area (Å²) in [6, 6.07) is 3.51. The molecule has 0 aliphatic carbocycles. The van der Waals surface area contributed by atoms with Gasteiger partial charge in [-0.1, -0.05) is 0 Å². The van der Waals surface area contributed by atoms with Crippen LogP contribution in [-0.2, 0) is 4.79 Å². The highest BCUT2D eigenvalue weighted by atomic mass is 19.2. The van der Waals surface area contributed by atoms with Gasteiger partial charge in [0.05, 0.1) is 6.54 Å². The van der Waals surface area contributed by atoms with Gasteiger partial charge in [-0.2, -0.15) is 0 Å². The van der Waals surface area contributed by atoms with Gasteiger partial charge in [0.1, 0.15) is 6.29 Å². The largest absolute Gasteiger partial charge is 0.367 e. The Morgan fingerprint density at radius 1 is 1.38 bits per heavy atom. The van der Waals surface area contributed by atoms with E-state index in [1.54, 1.807) is 7.05 Å². The number of hydrogen-bond donors (Lipinski definition) is 0. The number of halogens is 2. The Bertz CT molecular complexity index is 314. The Balaban J connectivity index is 2.89. The predicted octanol–water partition coefficient (Wildman–Crippen LogP) is 1.60. The van der Waals surface area contributed by atoms with Crippen molar-refractivity contribution in [2.75, 3.05) is 18.5 Å². The quantitative estimate of drug-likeness (QED) is 0.666. The highest BCUT2D eigenvalue weighted by Gasteiger charge is 2.05. The normalized spacial score (nSPS) is 9.77. The van der Waals surface area contributed by atoms with Gasteiger partial charge in [0.25, 0.3) is 0 Å². The molecular formula is C9H9F2NO. The number of aldehydes is 1. The molecular weight excluding hydrogens is 176 g/mol. The summed E-state index contributed by atoms with van der Waals surface area (Å²) in [5, 5.41) is 0. The molecule has 4 heteroatoms. The summed E-state index contributed by atoms with van der Waals surface area (Å²) in [7, 11) is 1.63. The van der Waals surface area contributed by atoms with Crippen LogP contribution in [0.3, 0.4) is 0 Å². The number of carbonyl (C=O) groups is 1. The second-order valence-corrected chi connectivity index (χ2v) is 2.65. The van der Waals surface area contributed by atoms with E-state index in [0.29, 0.717) is 12.0 Å². The van der Waals surface area contributed by atoms with Crippen molar-refractivity contribution >= 4 is 12.0 Å². The van der Waals surface area contributed by atoms with Crippen LogP contribution in [0.5, 0.6) is 0 Å². The zero-order chi connectivity index (χ0) is 9.84. The van der Waals surface area contributed by atoms with Crippen LogP contribution in [0.25, 0.3) is 0 Å². The first-order chi connectivity index (χ1) is 6.15. The van der Waals surface area contributed by atoms with Gasteiger partial charge in [0.2, 0.25) is 0 Å². The maximum atomic E-state index is 12.7. The molecule has 0 bridgehead atoms. The number of nitrogens with zero attached hydrogens (tertiary/aromatic N) is 1. The van der Waals surface area contributed by atoms with Gasteiger partial charge < -0.3 is 9.69 Å². The molecule has 0 atom stereocenters. The first-order valence-electron chi connectivity index (χ1n) is 3.75. The minimum Gasteiger partial charge on any atom is -0.367 e. The summed E-state index contributed by atoms with van der Waals surface area (Å²) in [4.78, 5) is 11.7. The summed E-state index contributed by atoms with van der Waals surface area (Å²) >= 11 is 0. The van der Waals surface area contributed by atoms with E-state index < -0.39 is 11.6 Å². The molecule has 0 N–H and O–H groups in total. The van der Waals surface area contributed by atoms with Gasteiger partial charge in [-0.25, -0.2) is 8.78 Å². The van der Waals surface area contributed by atoms with Crippen molar-refractivity contribution in [1.29, 1.82) is 0 Å². The van der Waals surface area contributed by atoms with Gasteiger partial charge in [-0.15, -0.1) is 0 Å². The lowest BCUT2D eigenvalue weighted by atomic mass is 10.3. The molecule has 0 aromatic heterocycles. The van der Waals surface area contributed by atoms with E-state index >= 15 is 0 Å². The lowest BCUT2D eigenvalue weighted by molar-refractivity contribution is -0.106. The molecule has 1 aromatic rings. The van der Waals surface area contributed by atoms with Crippen molar-refractivity contribution in [2.24, 2.45) is 0 Å². The topological polar surface area (TPSA) is 20.3 Å². The van der Waals surface area contributed by atoms with Crippen molar-refractivity contribution in [3.63, 3.8) is 0 Å². The highest BCUT2D eigenvalue weighted by Crippen LogP contribution is 2.15. The van der Waals surface area contributed by atoms with Crippen LogP contribution in [0.4, 0.5) is 14.5 Å². The van der Waals surface area contributed by atoms with Gasteiger partial charge in [-0.3, -0.25) is 0 Å². The molecule has 0 spiro atoms. The molecule has 0 fully saturated rings. The van der Waals surface area contributed by atoms with E-state index in [9.17, 15) is 13.6 Å². The van der Waals surface area contributed by atoms with Crippen LogP contribution in [0.15, 0.2) is 18.2 Å². The summed E-state index contributed by atoms with van der Waals surface area (Å²) in [5.41, 5.74) is 0.478. The van der Waals surface area contributed by atoms with Gasteiger partial charge in [-0.05, 0) is 12.1 Å². The minimum absolute atomic E-state index is 0.158. The lowest BCUT2D eigenvalue weighted by Crippen LogP contribution is -2.19. The number of hydrogen-bond acceptors (Lipinski definition) is 2. The molecule has 0 amide bonds. The molecule has 13 heavy (non-hydrogen) atoms. The third-order valence-corrected chi connectivity index (χ3v) is 1.69. The number of likely N-dealkylation sites (N-methyl/N-ethyl adjacent to an activating group) is 1. The molecule has 1 rings (SSSR count). The first kappa shape index (κ1) is 9.64. The smallest absolute Gasteiger partial charge is 0.160 e. The third-order valence-electron chi connectivity index (χ3n) is 1.69. The average Bonchev–Trinajstić information content (AvgIpc) is 2.10. The molecule has 1 aromatic carbocycles. The molecule has 0 aliphatic heterocycles. The van der Waals surface area contributed by atoms with Gasteiger partial charge >= 0.3 is 0 Å². The van der Waals surface area contributed by atoms with E-state index in [1.165, 1.54) is 11.0 Å². The van der Waals surface area contributed by atoms with Gasteiger partial charge in [0.15, 0.2) is 11.6 Å². The van der Waals surface area contributed by atoms with Gasteiger partial charge in [0, 0.05) is 18.8 Å². The summed E-state index contributed by atoms with van der Waals surface area (Å²) < 4.78 is 25.2. The summed E-state index contributed by atoms with van der Waals surface area (Å²) in [5.74, 6) is -1.79. The zero-order valence-electron chi connectivity index (χ0n) is 7.13. The molecule has 2 nitrogen and oxygen atoms in total. The van der Waals surface area contributed by atoms with E-state index in [4.69, 9.17) is 0 Å². The number of carbonyl (C=O) groups excluding carboxylic acids is 1. The highest BCUT2D eigenvalue weighted by molar-refractivity contribution is 5.60. The molecule has 0 heterocycles. The third kappa shape index (κ3) is 2.24. The fourth-order valence-corrected chi connectivity index (χ4v) is 0.940. The standard InChI is InChI=1S/C9H9F2NO/c1-12(4-5-13)7-2-3-8(10)9(11)6-7/h2-3,5-6H,4H2,1H3. The van der Waals surface area contributed by atoms with Crippen LogP contribution >= 0.6 is 0 Å².